The summed E-state index contributed by atoms with van der Waals surface area (Å²) in [5.74, 6) is 0. The molecule has 2 aromatic rings. The number of aryl methyl sites for hydroxylation is 2. The minimum absolute atomic E-state index is 0.766. The van der Waals surface area contributed by atoms with E-state index in [2.05, 4.69) is 48.5 Å². The van der Waals surface area contributed by atoms with Crippen molar-refractivity contribution in [2.75, 3.05) is 0 Å². The average Bonchev–Trinajstić information content (AvgIpc) is 3.18. The molecular weight excluding hydrogens is 234 g/mol. The van der Waals surface area contributed by atoms with E-state index in [-0.39, 0.29) is 0 Å². The molecule has 0 spiro atoms. The fraction of sp³-hybridized carbons (Fsp3) is 0.438. The second-order valence-electron chi connectivity index (χ2n) is 5.52. The second kappa shape index (κ2) is 4.82. The molecule has 1 N–H and O–H groups in total. The molecular formula is C16H21N3. The van der Waals surface area contributed by atoms with Crippen LogP contribution in [0.3, 0.4) is 0 Å². The SMILES string of the molecule is Cc1nn(C)c(C)c1-c1ccc(CNC2CC2)cc1. The Morgan fingerprint density at radius 3 is 2.42 bits per heavy atom. The first-order chi connectivity index (χ1) is 9.15. The zero-order chi connectivity index (χ0) is 13.4. The van der Waals surface area contributed by atoms with Gasteiger partial charge in [0.05, 0.1) is 5.69 Å². The van der Waals surface area contributed by atoms with E-state index in [1.165, 1.54) is 35.2 Å². The highest BCUT2D eigenvalue weighted by Gasteiger charge is 2.19. The van der Waals surface area contributed by atoms with Crippen LogP contribution < -0.4 is 5.32 Å². The molecule has 0 bridgehead atoms. The lowest BCUT2D eigenvalue weighted by Gasteiger charge is -2.06. The van der Waals surface area contributed by atoms with E-state index >= 15 is 0 Å². The summed E-state index contributed by atoms with van der Waals surface area (Å²) in [6.45, 7) is 5.18. The third-order valence-corrected chi connectivity index (χ3v) is 3.92. The Balaban J connectivity index is 1.80. The van der Waals surface area contributed by atoms with Crippen LogP contribution in [0.15, 0.2) is 24.3 Å². The summed E-state index contributed by atoms with van der Waals surface area (Å²) in [6, 6.07) is 9.62. The Hall–Kier alpha value is -1.61. The Kier molecular flexibility index (Phi) is 3.15. The molecule has 100 valence electrons. The van der Waals surface area contributed by atoms with Crippen LogP contribution in [0.1, 0.15) is 29.8 Å². The van der Waals surface area contributed by atoms with E-state index < -0.39 is 0 Å². The average molecular weight is 255 g/mol. The predicted molar refractivity (Wildman–Crippen MR) is 78.0 cm³/mol. The molecule has 19 heavy (non-hydrogen) atoms. The number of nitrogens with one attached hydrogen (secondary N) is 1. The molecule has 0 radical (unpaired) electrons. The summed E-state index contributed by atoms with van der Waals surface area (Å²) in [4.78, 5) is 0. The number of benzene rings is 1. The molecule has 3 nitrogen and oxygen atoms in total. The van der Waals surface area contributed by atoms with Gasteiger partial charge in [-0.3, -0.25) is 4.68 Å². The van der Waals surface area contributed by atoms with E-state index in [1.807, 2.05) is 11.7 Å². The maximum absolute atomic E-state index is 4.48. The predicted octanol–water partition coefficient (Wildman–Crippen LogP) is 2.96. The standard InChI is InChI=1S/C16H21N3/c1-11-16(12(2)19(3)18-11)14-6-4-13(5-7-14)10-17-15-8-9-15/h4-7,15,17H,8-10H2,1-3H3. The van der Waals surface area contributed by atoms with Gasteiger partial charge in [-0.1, -0.05) is 24.3 Å². The molecule has 1 saturated carbocycles. The van der Waals surface area contributed by atoms with Crippen LogP contribution in [0.2, 0.25) is 0 Å². The summed E-state index contributed by atoms with van der Waals surface area (Å²) < 4.78 is 1.95. The van der Waals surface area contributed by atoms with Gasteiger partial charge in [-0.15, -0.1) is 0 Å². The van der Waals surface area contributed by atoms with Crippen LogP contribution >= 0.6 is 0 Å². The van der Waals surface area contributed by atoms with Crippen LogP contribution in [0.5, 0.6) is 0 Å². The minimum Gasteiger partial charge on any atom is -0.310 e. The molecule has 1 aliphatic carbocycles. The number of aromatic nitrogens is 2. The molecule has 3 heteroatoms. The van der Waals surface area contributed by atoms with Crippen LogP contribution in [-0.2, 0) is 13.6 Å². The maximum Gasteiger partial charge on any atom is 0.0674 e. The summed E-state index contributed by atoms with van der Waals surface area (Å²) in [5.41, 5.74) is 6.21. The number of hydrogen-bond donors (Lipinski definition) is 1. The minimum atomic E-state index is 0.766. The number of hydrogen-bond acceptors (Lipinski definition) is 2. The van der Waals surface area contributed by atoms with E-state index in [4.69, 9.17) is 0 Å². The maximum atomic E-state index is 4.48. The van der Waals surface area contributed by atoms with Gasteiger partial charge in [-0.05, 0) is 37.8 Å². The van der Waals surface area contributed by atoms with Crippen LogP contribution in [0.25, 0.3) is 11.1 Å². The molecule has 0 amide bonds. The van der Waals surface area contributed by atoms with Crippen molar-refractivity contribution in [2.24, 2.45) is 7.05 Å². The quantitative estimate of drug-likeness (QED) is 0.910. The Morgan fingerprint density at radius 1 is 1.21 bits per heavy atom. The lowest BCUT2D eigenvalue weighted by atomic mass is 10.0. The molecule has 1 aliphatic rings. The zero-order valence-electron chi connectivity index (χ0n) is 11.9. The third kappa shape index (κ3) is 2.56. The van der Waals surface area contributed by atoms with E-state index in [0.717, 1.165) is 18.3 Å². The van der Waals surface area contributed by atoms with E-state index in [0.29, 0.717) is 0 Å². The summed E-state index contributed by atoms with van der Waals surface area (Å²) in [7, 11) is 2.00. The highest BCUT2D eigenvalue weighted by molar-refractivity contribution is 5.68. The lowest BCUT2D eigenvalue weighted by molar-refractivity contribution is 0.688. The normalized spacial score (nSPS) is 14.9. The van der Waals surface area contributed by atoms with E-state index in [9.17, 15) is 0 Å². The monoisotopic (exact) mass is 255 g/mol. The van der Waals surface area contributed by atoms with Gasteiger partial charge < -0.3 is 5.32 Å². The zero-order valence-corrected chi connectivity index (χ0v) is 11.9. The van der Waals surface area contributed by atoms with Gasteiger partial charge in [-0.2, -0.15) is 5.10 Å². The van der Waals surface area contributed by atoms with E-state index in [1.54, 1.807) is 0 Å². The largest absolute Gasteiger partial charge is 0.310 e. The summed E-state index contributed by atoms with van der Waals surface area (Å²) in [5, 5.41) is 8.02. The molecule has 0 aliphatic heterocycles. The Labute approximate surface area is 114 Å². The van der Waals surface area contributed by atoms with Crippen LogP contribution in [0, 0.1) is 13.8 Å². The van der Waals surface area contributed by atoms with Gasteiger partial charge in [0, 0.05) is 30.9 Å². The van der Waals surface area contributed by atoms with Crippen LogP contribution in [-0.4, -0.2) is 15.8 Å². The molecule has 1 aromatic heterocycles. The van der Waals surface area contributed by atoms with Crippen molar-refractivity contribution in [1.29, 1.82) is 0 Å². The lowest BCUT2D eigenvalue weighted by Crippen LogP contribution is -2.15. The molecule has 0 saturated heterocycles. The highest BCUT2D eigenvalue weighted by atomic mass is 15.3. The van der Waals surface area contributed by atoms with Gasteiger partial charge in [-0.25, -0.2) is 0 Å². The van der Waals surface area contributed by atoms with Crippen molar-refractivity contribution >= 4 is 0 Å². The van der Waals surface area contributed by atoms with Gasteiger partial charge in [0.2, 0.25) is 0 Å². The molecule has 1 heterocycles. The fourth-order valence-corrected chi connectivity index (χ4v) is 2.53. The van der Waals surface area contributed by atoms with Gasteiger partial charge in [0.25, 0.3) is 0 Å². The molecule has 1 fully saturated rings. The van der Waals surface area contributed by atoms with Crippen molar-refractivity contribution in [2.45, 2.75) is 39.3 Å². The first kappa shape index (κ1) is 12.4. The molecule has 1 aromatic carbocycles. The molecule has 0 atom stereocenters. The van der Waals surface area contributed by atoms with Crippen molar-refractivity contribution in [3.05, 3.63) is 41.2 Å². The van der Waals surface area contributed by atoms with Crippen molar-refractivity contribution < 1.29 is 0 Å². The van der Waals surface area contributed by atoms with Gasteiger partial charge in [0.15, 0.2) is 0 Å². The second-order valence-corrected chi connectivity index (χ2v) is 5.52. The van der Waals surface area contributed by atoms with Gasteiger partial charge in [0.1, 0.15) is 0 Å². The van der Waals surface area contributed by atoms with Crippen molar-refractivity contribution in [3.8, 4) is 11.1 Å². The molecule has 0 unspecified atom stereocenters. The Morgan fingerprint density at radius 2 is 1.89 bits per heavy atom. The number of rotatable bonds is 4. The summed E-state index contributed by atoms with van der Waals surface area (Å²) in [6.07, 6.45) is 2.68. The first-order valence-electron chi connectivity index (χ1n) is 6.98. The smallest absolute Gasteiger partial charge is 0.0674 e. The number of nitrogens with zero attached hydrogens (tertiary/aromatic N) is 2. The van der Waals surface area contributed by atoms with Crippen molar-refractivity contribution in [3.63, 3.8) is 0 Å². The third-order valence-electron chi connectivity index (χ3n) is 3.92. The fourth-order valence-electron chi connectivity index (χ4n) is 2.53. The van der Waals surface area contributed by atoms with Gasteiger partial charge >= 0.3 is 0 Å². The first-order valence-corrected chi connectivity index (χ1v) is 6.98. The highest BCUT2D eigenvalue weighted by Crippen LogP contribution is 2.27. The Bertz CT molecular complexity index is 577. The molecule has 3 rings (SSSR count). The summed E-state index contributed by atoms with van der Waals surface area (Å²) >= 11 is 0. The van der Waals surface area contributed by atoms with Crippen molar-refractivity contribution in [1.82, 2.24) is 15.1 Å². The van der Waals surface area contributed by atoms with Crippen LogP contribution in [0.4, 0.5) is 0 Å². The topological polar surface area (TPSA) is 29.9 Å².